The number of anilines is 2. The van der Waals surface area contributed by atoms with Crippen molar-refractivity contribution in [3.8, 4) is 11.5 Å². The van der Waals surface area contributed by atoms with E-state index in [1.54, 1.807) is 24.3 Å². The minimum absolute atomic E-state index is 0.0308. The van der Waals surface area contributed by atoms with Crippen LogP contribution in [0.4, 0.5) is 11.4 Å². The first-order valence-electron chi connectivity index (χ1n) is 21.5. The number of carbonyl (C=O) groups is 1. The molecule has 0 bridgehead atoms. The highest BCUT2D eigenvalue weighted by atomic mass is 127. The average Bonchev–Trinajstić information content (AvgIpc) is 3.62. The Morgan fingerprint density at radius 3 is 2.06 bits per heavy atom. The van der Waals surface area contributed by atoms with Crippen molar-refractivity contribution in [1.82, 2.24) is 9.80 Å². The molecule has 0 aliphatic heterocycles. The van der Waals surface area contributed by atoms with Crippen LogP contribution in [0.2, 0.25) is 0 Å². The van der Waals surface area contributed by atoms with Crippen molar-refractivity contribution in [2.75, 3.05) is 74.4 Å². The smallest absolute Gasteiger partial charge is 0.232 e. The molecule has 0 spiro atoms. The van der Waals surface area contributed by atoms with E-state index in [4.69, 9.17) is 13.9 Å². The Balaban J connectivity index is 0.959. The van der Waals surface area contributed by atoms with Gasteiger partial charge in [-0.1, -0.05) is 63.4 Å². The maximum Gasteiger partial charge on any atom is 0.232 e. The van der Waals surface area contributed by atoms with E-state index in [1.165, 1.54) is 0 Å². The number of nitrogens with zero attached hydrogens (tertiary/aromatic N) is 2. The highest BCUT2D eigenvalue weighted by molar-refractivity contribution is 14.1. The number of nitrogens with one attached hydrogen (secondary N) is 2. The summed E-state index contributed by atoms with van der Waals surface area (Å²) >= 11 is 4.51. The number of para-hydroxylation sites is 1. The number of hydrogen-bond acceptors (Lipinski definition) is 10. The molecule has 5 rings (SSSR count). The summed E-state index contributed by atoms with van der Waals surface area (Å²) in [5.41, 5.74) is 4.18. The van der Waals surface area contributed by atoms with Gasteiger partial charge in [0.1, 0.15) is 36.1 Å². The molecule has 5 aromatic rings. The predicted octanol–water partition coefficient (Wildman–Crippen LogP) is 9.84. The number of furan rings is 1. The SMILES string of the molecule is CCCCc1oc2ccccc2c1C(=O)c1cc(I)c(OCCN(CC)CCCCCCS(=O)(=O)Nc2ccc(CCN(C)CCOc3ccc(NS(C)(=O)=O)cc3)cc2)c(I)c1. The molecule has 0 radical (unpaired) electrons. The van der Waals surface area contributed by atoms with Gasteiger partial charge < -0.3 is 23.7 Å². The fraction of sp³-hybridized carbons (Fsp3) is 0.426. The largest absolute Gasteiger partial charge is 0.492 e. The molecule has 1 heterocycles. The fourth-order valence-electron chi connectivity index (χ4n) is 7.07. The van der Waals surface area contributed by atoms with Crippen molar-refractivity contribution in [2.45, 2.75) is 65.2 Å². The third-order valence-electron chi connectivity index (χ3n) is 10.6. The number of likely N-dealkylation sites (N-methyl/N-ethyl adjacent to an activating group) is 2. The molecule has 63 heavy (non-hydrogen) atoms. The summed E-state index contributed by atoms with van der Waals surface area (Å²) in [5.74, 6) is 2.25. The van der Waals surface area contributed by atoms with Crippen molar-refractivity contribution in [2.24, 2.45) is 0 Å². The van der Waals surface area contributed by atoms with Gasteiger partial charge in [-0.15, -0.1) is 0 Å². The van der Waals surface area contributed by atoms with Crippen LogP contribution in [0.15, 0.2) is 89.3 Å². The molecule has 0 atom stereocenters. The van der Waals surface area contributed by atoms with Gasteiger partial charge in [-0.3, -0.25) is 14.2 Å². The number of ether oxygens (including phenoxy) is 2. The Kier molecular flexibility index (Phi) is 19.9. The second-order valence-electron chi connectivity index (χ2n) is 15.7. The van der Waals surface area contributed by atoms with Gasteiger partial charge in [-0.25, -0.2) is 16.8 Å². The number of hydrogen-bond donors (Lipinski definition) is 2. The average molecular weight is 1130 g/mol. The van der Waals surface area contributed by atoms with Gasteiger partial charge in [0.05, 0.1) is 24.7 Å². The zero-order valence-corrected chi connectivity index (χ0v) is 42.6. The monoisotopic (exact) mass is 1130 g/mol. The van der Waals surface area contributed by atoms with Crippen molar-refractivity contribution < 1.29 is 35.5 Å². The second kappa shape index (κ2) is 24.7. The highest BCUT2D eigenvalue weighted by Gasteiger charge is 2.23. The third-order valence-corrected chi connectivity index (χ3v) is 14.1. The quantitative estimate of drug-likeness (QED) is 0.0282. The summed E-state index contributed by atoms with van der Waals surface area (Å²) in [4.78, 5) is 18.4. The number of unbranched alkanes of at least 4 members (excludes halogenated alkanes) is 4. The summed E-state index contributed by atoms with van der Waals surface area (Å²) in [6.07, 6.45) is 7.95. The Morgan fingerprint density at radius 1 is 0.730 bits per heavy atom. The van der Waals surface area contributed by atoms with Gasteiger partial charge in [0, 0.05) is 48.4 Å². The Labute approximate surface area is 401 Å². The summed E-state index contributed by atoms with van der Waals surface area (Å²) in [7, 11) is -4.76. The van der Waals surface area contributed by atoms with E-state index in [9.17, 15) is 21.6 Å². The standard InChI is InChI=1S/C47H60I2N4O8S2/c1-5-7-15-44-45(40-14-10-11-16-43(40)61-44)46(54)36-33-41(48)47(42(49)34-36)60-31-29-53(6-2)26-12-8-9-13-32-63(57,58)51-38-19-17-35(18-20-38)25-27-52(3)28-30-59-39-23-21-37(22-24-39)50-62(4,55)56/h10-11,14,16-24,33-34,50-51H,5-9,12-13,15,25-32H2,1-4H3. The maximum atomic E-state index is 13.9. The lowest BCUT2D eigenvalue weighted by atomic mass is 9.98. The van der Waals surface area contributed by atoms with Crippen LogP contribution in [0.5, 0.6) is 11.5 Å². The Hall–Kier alpha value is -3.43. The molecule has 0 fully saturated rings. The van der Waals surface area contributed by atoms with Crippen LogP contribution in [0, 0.1) is 7.14 Å². The number of rotatable bonds is 28. The molecule has 12 nitrogen and oxygen atoms in total. The summed E-state index contributed by atoms with van der Waals surface area (Å²) < 4.78 is 73.6. The molecule has 16 heteroatoms. The minimum atomic E-state index is -3.46. The van der Waals surface area contributed by atoms with E-state index < -0.39 is 20.0 Å². The maximum absolute atomic E-state index is 13.9. The first-order chi connectivity index (χ1) is 30.1. The number of benzene rings is 4. The van der Waals surface area contributed by atoms with Crippen LogP contribution in [0.1, 0.15) is 79.6 Å². The molecule has 0 aliphatic rings. The van der Waals surface area contributed by atoms with Crippen LogP contribution in [-0.2, 0) is 32.9 Å². The summed E-state index contributed by atoms with van der Waals surface area (Å²) in [5, 5.41) is 0.853. The topological polar surface area (TPSA) is 147 Å². The molecule has 0 saturated heterocycles. The number of sulfonamides is 2. The second-order valence-corrected chi connectivity index (χ2v) is 21.6. The van der Waals surface area contributed by atoms with Gasteiger partial charge in [-0.2, -0.15) is 0 Å². The summed E-state index contributed by atoms with van der Waals surface area (Å²) in [6, 6.07) is 25.9. The molecule has 0 saturated carbocycles. The molecule has 342 valence electrons. The number of aryl methyl sites for hydroxylation is 1. The Morgan fingerprint density at radius 2 is 1.38 bits per heavy atom. The van der Waals surface area contributed by atoms with Gasteiger partial charge in [-0.05, 0) is 151 Å². The van der Waals surface area contributed by atoms with Gasteiger partial charge in [0.15, 0.2) is 5.78 Å². The number of carbonyl (C=O) groups excluding carboxylic acids is 1. The van der Waals surface area contributed by atoms with Crippen LogP contribution < -0.4 is 18.9 Å². The van der Waals surface area contributed by atoms with Crippen LogP contribution >= 0.6 is 45.2 Å². The number of halogens is 2. The van der Waals surface area contributed by atoms with E-state index >= 15 is 0 Å². The van der Waals surface area contributed by atoms with E-state index in [1.807, 2.05) is 67.7 Å². The van der Waals surface area contributed by atoms with Crippen molar-refractivity contribution >= 4 is 93.4 Å². The molecule has 4 aromatic carbocycles. The minimum Gasteiger partial charge on any atom is -0.492 e. The third kappa shape index (κ3) is 16.5. The van der Waals surface area contributed by atoms with Gasteiger partial charge in [0.25, 0.3) is 0 Å². The van der Waals surface area contributed by atoms with Crippen molar-refractivity contribution in [1.29, 1.82) is 0 Å². The molecule has 1 aromatic heterocycles. The first-order valence-corrected chi connectivity index (χ1v) is 27.2. The molecular weight excluding hydrogens is 1070 g/mol. The highest BCUT2D eigenvalue weighted by Crippen LogP contribution is 2.33. The zero-order valence-electron chi connectivity index (χ0n) is 36.6. The molecule has 0 unspecified atom stereocenters. The normalized spacial score (nSPS) is 12.0. The van der Waals surface area contributed by atoms with Gasteiger partial charge in [0.2, 0.25) is 20.0 Å². The first kappa shape index (κ1) is 50.6. The summed E-state index contributed by atoms with van der Waals surface area (Å²) in [6.45, 7) is 9.35. The van der Waals surface area contributed by atoms with Crippen LogP contribution in [0.3, 0.4) is 0 Å². The van der Waals surface area contributed by atoms with Crippen LogP contribution in [-0.4, -0.2) is 97.4 Å². The lowest BCUT2D eigenvalue weighted by Gasteiger charge is -2.21. The van der Waals surface area contributed by atoms with Gasteiger partial charge >= 0.3 is 0 Å². The molecule has 2 N–H and O–H groups in total. The predicted molar refractivity (Wildman–Crippen MR) is 272 cm³/mol. The molecule has 0 aliphatic carbocycles. The molecule has 0 amide bonds. The number of fused-ring (bicyclic) bond motifs is 1. The van der Waals surface area contributed by atoms with Crippen LogP contribution in [0.25, 0.3) is 11.0 Å². The van der Waals surface area contributed by atoms with Crippen molar-refractivity contribution in [3.63, 3.8) is 0 Å². The zero-order chi connectivity index (χ0) is 45.4. The van der Waals surface area contributed by atoms with E-state index in [0.717, 1.165) is 113 Å². The fourth-order valence-corrected chi connectivity index (χ4v) is 10.9. The van der Waals surface area contributed by atoms with E-state index in [0.29, 0.717) is 54.4 Å². The van der Waals surface area contributed by atoms with Crippen molar-refractivity contribution in [3.05, 3.63) is 115 Å². The lowest BCUT2D eigenvalue weighted by Crippen LogP contribution is -2.29. The number of ketones is 1. The Bertz CT molecular complexity index is 2440. The molecular formula is C47H60I2N4O8S2. The van der Waals surface area contributed by atoms with E-state index in [-0.39, 0.29) is 11.5 Å². The lowest BCUT2D eigenvalue weighted by molar-refractivity contribution is 0.103. The van der Waals surface area contributed by atoms with E-state index in [2.05, 4.69) is 78.3 Å².